The summed E-state index contributed by atoms with van der Waals surface area (Å²) in [7, 11) is -3.70. The SMILES string of the molecule is C[C@H](N=C1NS(=O)(=O)c2ccccc21)C(=O)Nc1cc(C(C)(C)C)nn1-c1ccc(F)cc1. The zero-order valence-electron chi connectivity index (χ0n) is 18.6. The lowest BCUT2D eigenvalue weighted by molar-refractivity contribution is -0.117. The van der Waals surface area contributed by atoms with Crippen molar-refractivity contribution in [3.8, 4) is 5.69 Å². The molecule has 2 N–H and O–H groups in total. The smallest absolute Gasteiger partial charge is 0.263 e. The molecule has 0 saturated heterocycles. The first-order valence-electron chi connectivity index (χ1n) is 10.3. The number of anilines is 1. The van der Waals surface area contributed by atoms with Gasteiger partial charge < -0.3 is 5.32 Å². The van der Waals surface area contributed by atoms with E-state index < -0.39 is 22.0 Å². The van der Waals surface area contributed by atoms with Gasteiger partial charge in [-0.1, -0.05) is 32.9 Å². The molecule has 10 heteroatoms. The molecule has 1 atom stereocenters. The van der Waals surface area contributed by atoms with E-state index in [0.29, 0.717) is 17.1 Å². The van der Waals surface area contributed by atoms with Crippen molar-refractivity contribution in [3.05, 3.63) is 71.7 Å². The monoisotopic (exact) mass is 469 g/mol. The van der Waals surface area contributed by atoms with Crippen molar-refractivity contribution in [1.82, 2.24) is 14.5 Å². The Kier molecular flexibility index (Phi) is 5.57. The number of hydrogen-bond donors (Lipinski definition) is 2. The molecule has 0 bridgehead atoms. The highest BCUT2D eigenvalue weighted by molar-refractivity contribution is 7.90. The highest BCUT2D eigenvalue weighted by Gasteiger charge is 2.31. The number of hydrogen-bond acceptors (Lipinski definition) is 5. The molecular formula is C23H24FN5O3S. The first kappa shape index (κ1) is 22.7. The number of benzene rings is 2. The Morgan fingerprint density at radius 3 is 2.48 bits per heavy atom. The van der Waals surface area contributed by atoms with Crippen molar-refractivity contribution in [1.29, 1.82) is 0 Å². The molecule has 1 aliphatic heterocycles. The minimum absolute atomic E-state index is 0.121. The molecule has 2 aromatic carbocycles. The van der Waals surface area contributed by atoms with Gasteiger partial charge in [-0.25, -0.2) is 17.5 Å². The summed E-state index contributed by atoms with van der Waals surface area (Å²) in [5.74, 6) is -0.308. The van der Waals surface area contributed by atoms with Crippen LogP contribution in [-0.2, 0) is 20.2 Å². The summed E-state index contributed by atoms with van der Waals surface area (Å²) in [5.41, 5.74) is 1.45. The van der Waals surface area contributed by atoms with Gasteiger partial charge in [0.15, 0.2) is 0 Å². The topological polar surface area (TPSA) is 105 Å². The maximum Gasteiger partial charge on any atom is 0.263 e. The summed E-state index contributed by atoms with van der Waals surface area (Å²) in [6.07, 6.45) is 0. The van der Waals surface area contributed by atoms with E-state index in [1.54, 1.807) is 43.3 Å². The number of sulfonamides is 1. The summed E-state index contributed by atoms with van der Waals surface area (Å²) in [5, 5.41) is 7.42. The molecule has 8 nitrogen and oxygen atoms in total. The Balaban J connectivity index is 1.64. The van der Waals surface area contributed by atoms with Gasteiger partial charge in [-0.2, -0.15) is 5.10 Å². The van der Waals surface area contributed by atoms with Crippen LogP contribution in [-0.4, -0.2) is 36.0 Å². The fourth-order valence-corrected chi connectivity index (χ4v) is 4.57. The third kappa shape index (κ3) is 4.51. The van der Waals surface area contributed by atoms with Crippen LogP contribution < -0.4 is 10.0 Å². The zero-order chi connectivity index (χ0) is 24.0. The Morgan fingerprint density at radius 1 is 1.15 bits per heavy atom. The molecule has 1 aromatic heterocycles. The highest BCUT2D eigenvalue weighted by Crippen LogP contribution is 2.27. The quantitative estimate of drug-likeness (QED) is 0.611. The fourth-order valence-electron chi connectivity index (χ4n) is 3.33. The number of fused-ring (bicyclic) bond motifs is 1. The second kappa shape index (κ2) is 8.11. The molecule has 4 rings (SSSR count). The molecule has 1 amide bonds. The van der Waals surface area contributed by atoms with Gasteiger partial charge >= 0.3 is 0 Å². The van der Waals surface area contributed by atoms with E-state index >= 15 is 0 Å². The standard InChI is InChI=1S/C23H24FN5O3S/c1-14(25-21-17-7-5-6-8-18(17)33(31,32)28-21)22(30)26-20-13-19(23(2,3)4)27-29(20)16-11-9-15(24)10-12-16/h5-14H,1-4H3,(H,25,28)(H,26,30)/t14-/m0/s1. The van der Waals surface area contributed by atoms with E-state index in [9.17, 15) is 17.6 Å². The molecule has 0 spiro atoms. The van der Waals surface area contributed by atoms with Gasteiger partial charge in [-0.05, 0) is 43.3 Å². The van der Waals surface area contributed by atoms with Gasteiger partial charge in [0.2, 0.25) is 5.91 Å². The number of nitrogens with zero attached hydrogens (tertiary/aromatic N) is 3. The predicted octanol–water partition coefficient (Wildman–Crippen LogP) is 3.37. The van der Waals surface area contributed by atoms with Crippen LogP contribution in [0, 0.1) is 5.82 Å². The van der Waals surface area contributed by atoms with E-state index in [2.05, 4.69) is 20.1 Å². The summed E-state index contributed by atoms with van der Waals surface area (Å²) in [4.78, 5) is 17.4. The van der Waals surface area contributed by atoms with Crippen LogP contribution >= 0.6 is 0 Å². The van der Waals surface area contributed by atoms with Crippen LogP contribution in [0.15, 0.2) is 64.5 Å². The molecule has 1 aliphatic rings. The summed E-state index contributed by atoms with van der Waals surface area (Å²) < 4.78 is 41.9. The van der Waals surface area contributed by atoms with Crippen LogP contribution in [0.25, 0.3) is 5.69 Å². The van der Waals surface area contributed by atoms with E-state index in [1.165, 1.54) is 22.9 Å². The Bertz CT molecular complexity index is 1360. The molecule has 3 aromatic rings. The summed E-state index contributed by atoms with van der Waals surface area (Å²) in [6.45, 7) is 7.55. The van der Waals surface area contributed by atoms with Crippen molar-refractivity contribution in [2.24, 2.45) is 4.99 Å². The second-order valence-corrected chi connectivity index (χ2v) is 10.4. The van der Waals surface area contributed by atoms with Crippen LogP contribution in [0.5, 0.6) is 0 Å². The lowest BCUT2D eigenvalue weighted by Gasteiger charge is -2.14. The molecule has 2 heterocycles. The number of amidine groups is 1. The van der Waals surface area contributed by atoms with Crippen molar-refractivity contribution < 1.29 is 17.6 Å². The van der Waals surface area contributed by atoms with Crippen LogP contribution in [0.1, 0.15) is 39.0 Å². The number of carbonyl (C=O) groups is 1. The van der Waals surface area contributed by atoms with Gasteiger partial charge in [0.05, 0.1) is 16.3 Å². The second-order valence-electron chi connectivity index (χ2n) is 8.80. The lowest BCUT2D eigenvalue weighted by Crippen LogP contribution is -2.29. The number of halogens is 1. The van der Waals surface area contributed by atoms with Crippen LogP contribution in [0.4, 0.5) is 10.2 Å². The van der Waals surface area contributed by atoms with E-state index in [0.717, 1.165) is 5.69 Å². The molecule has 0 radical (unpaired) electrons. The number of nitrogens with one attached hydrogen (secondary N) is 2. The molecule has 0 unspecified atom stereocenters. The average molecular weight is 470 g/mol. The van der Waals surface area contributed by atoms with E-state index in [-0.39, 0.29) is 22.0 Å². The number of amides is 1. The average Bonchev–Trinajstić information content (AvgIpc) is 3.28. The Hall–Kier alpha value is -3.53. The molecule has 0 saturated carbocycles. The van der Waals surface area contributed by atoms with Gasteiger partial charge in [-0.3, -0.25) is 14.5 Å². The number of rotatable bonds is 4. The highest BCUT2D eigenvalue weighted by atomic mass is 32.2. The largest absolute Gasteiger partial charge is 0.309 e. The fraction of sp³-hybridized carbons (Fsp3) is 0.261. The van der Waals surface area contributed by atoms with E-state index in [1.807, 2.05) is 20.8 Å². The minimum atomic E-state index is -3.70. The maximum atomic E-state index is 13.4. The number of carbonyl (C=O) groups excluding carboxylic acids is 1. The molecule has 0 aliphatic carbocycles. The van der Waals surface area contributed by atoms with Crippen molar-refractivity contribution in [2.75, 3.05) is 5.32 Å². The van der Waals surface area contributed by atoms with Crippen molar-refractivity contribution in [2.45, 2.75) is 44.0 Å². The molecule has 0 fully saturated rings. The Labute approximate surface area is 191 Å². The number of aliphatic imine (C=N–C) groups is 1. The lowest BCUT2D eigenvalue weighted by atomic mass is 9.92. The van der Waals surface area contributed by atoms with Crippen LogP contribution in [0.3, 0.4) is 0 Å². The predicted molar refractivity (Wildman–Crippen MR) is 124 cm³/mol. The molecule has 33 heavy (non-hydrogen) atoms. The van der Waals surface area contributed by atoms with Gasteiger partial charge in [-0.15, -0.1) is 0 Å². The first-order chi connectivity index (χ1) is 15.5. The third-order valence-corrected chi connectivity index (χ3v) is 6.56. The van der Waals surface area contributed by atoms with Crippen molar-refractivity contribution >= 4 is 27.6 Å². The normalized spacial score (nSPS) is 16.8. The minimum Gasteiger partial charge on any atom is -0.309 e. The van der Waals surface area contributed by atoms with Gasteiger partial charge in [0.25, 0.3) is 10.0 Å². The third-order valence-electron chi connectivity index (χ3n) is 5.17. The van der Waals surface area contributed by atoms with Crippen molar-refractivity contribution in [3.63, 3.8) is 0 Å². The number of aromatic nitrogens is 2. The molecule has 172 valence electrons. The van der Waals surface area contributed by atoms with Crippen LogP contribution in [0.2, 0.25) is 0 Å². The zero-order valence-corrected chi connectivity index (χ0v) is 19.4. The Morgan fingerprint density at radius 2 is 1.82 bits per heavy atom. The first-order valence-corrected chi connectivity index (χ1v) is 11.8. The van der Waals surface area contributed by atoms with E-state index in [4.69, 9.17) is 0 Å². The summed E-state index contributed by atoms with van der Waals surface area (Å²) in [6, 6.07) is 13.1. The summed E-state index contributed by atoms with van der Waals surface area (Å²) >= 11 is 0. The van der Waals surface area contributed by atoms with Gasteiger partial charge in [0, 0.05) is 17.0 Å². The molecular weight excluding hydrogens is 445 g/mol. The van der Waals surface area contributed by atoms with Gasteiger partial charge in [0.1, 0.15) is 23.5 Å². The maximum absolute atomic E-state index is 13.4.